The van der Waals surface area contributed by atoms with Crippen LogP contribution in [-0.2, 0) is 4.79 Å². The summed E-state index contributed by atoms with van der Waals surface area (Å²) < 4.78 is 7.30. The van der Waals surface area contributed by atoms with Crippen molar-refractivity contribution in [3.63, 3.8) is 0 Å². The van der Waals surface area contributed by atoms with Crippen molar-refractivity contribution in [2.24, 2.45) is 5.10 Å². The minimum atomic E-state index is -0.397. The number of carbonyl (C=O) groups is 1. The van der Waals surface area contributed by atoms with E-state index in [9.17, 15) is 9.90 Å². The van der Waals surface area contributed by atoms with Crippen LogP contribution in [0.5, 0.6) is 11.5 Å². The number of halogens is 2. The molecule has 5 nitrogen and oxygen atoms in total. The minimum absolute atomic E-state index is 0.0743. The van der Waals surface area contributed by atoms with Gasteiger partial charge < -0.3 is 9.84 Å². The molecule has 0 saturated carbocycles. The number of phenols is 1. The zero-order chi connectivity index (χ0) is 18.5. The van der Waals surface area contributed by atoms with Crippen LogP contribution in [0.2, 0.25) is 0 Å². The van der Waals surface area contributed by atoms with Gasteiger partial charge in [-0.3, -0.25) is 4.79 Å². The summed E-state index contributed by atoms with van der Waals surface area (Å²) in [5.74, 6) is 0.278. The topological polar surface area (TPSA) is 70.9 Å². The highest BCUT2D eigenvalue weighted by Gasteiger charge is 2.04. The number of hydrogen-bond donors (Lipinski definition) is 2. The van der Waals surface area contributed by atoms with Gasteiger partial charge in [-0.05, 0) is 53.2 Å². The fraction of sp³-hybridized carbons (Fsp3) is 0.0526. The number of ether oxygens (including phenoxy) is 1. The molecule has 0 bridgehead atoms. The first-order valence-electron chi connectivity index (χ1n) is 7.64. The lowest BCUT2D eigenvalue weighted by atomic mass is 10.1. The van der Waals surface area contributed by atoms with Crippen LogP contribution in [-0.4, -0.2) is 23.8 Å². The number of benzene rings is 3. The molecule has 0 heterocycles. The van der Waals surface area contributed by atoms with E-state index in [1.807, 2.05) is 36.4 Å². The molecule has 132 valence electrons. The Morgan fingerprint density at radius 3 is 2.58 bits per heavy atom. The van der Waals surface area contributed by atoms with Crippen LogP contribution in [0.3, 0.4) is 0 Å². The van der Waals surface area contributed by atoms with Crippen molar-refractivity contribution in [3.8, 4) is 11.5 Å². The highest BCUT2D eigenvalue weighted by Crippen LogP contribution is 2.24. The lowest BCUT2D eigenvalue weighted by Gasteiger charge is -2.07. The maximum absolute atomic E-state index is 11.8. The van der Waals surface area contributed by atoms with E-state index in [2.05, 4.69) is 42.4 Å². The molecule has 26 heavy (non-hydrogen) atoms. The predicted octanol–water partition coefficient (Wildman–Crippen LogP) is 4.60. The highest BCUT2D eigenvalue weighted by molar-refractivity contribution is 9.10. The molecule has 0 aliphatic heterocycles. The van der Waals surface area contributed by atoms with Crippen molar-refractivity contribution in [1.82, 2.24) is 5.43 Å². The third-order valence-electron chi connectivity index (χ3n) is 3.53. The van der Waals surface area contributed by atoms with E-state index in [-0.39, 0.29) is 12.4 Å². The van der Waals surface area contributed by atoms with Gasteiger partial charge in [0.2, 0.25) is 0 Å². The molecule has 1 amide bonds. The molecule has 0 fully saturated rings. The number of amides is 1. The standard InChI is InChI=1S/C19H14Br2N2O3/c20-15-3-1-13-9-17(5-2-12(13)7-15)26-11-19(25)23-22-10-14-8-16(21)4-6-18(14)24/h1-10,24H,11H2,(H,23,25). The molecule has 0 atom stereocenters. The Balaban J connectivity index is 1.56. The number of aromatic hydroxyl groups is 1. The number of phenolic OH excluding ortho intramolecular Hbond substituents is 1. The van der Waals surface area contributed by atoms with Gasteiger partial charge in [-0.1, -0.05) is 44.0 Å². The Hall–Kier alpha value is -2.38. The normalized spacial score (nSPS) is 11.0. The number of rotatable bonds is 5. The molecule has 3 rings (SSSR count). The van der Waals surface area contributed by atoms with Crippen LogP contribution in [0.1, 0.15) is 5.56 Å². The van der Waals surface area contributed by atoms with E-state index < -0.39 is 5.91 Å². The van der Waals surface area contributed by atoms with Crippen LogP contribution < -0.4 is 10.2 Å². The molecule has 7 heteroatoms. The van der Waals surface area contributed by atoms with E-state index in [1.165, 1.54) is 12.3 Å². The number of nitrogens with one attached hydrogen (secondary N) is 1. The van der Waals surface area contributed by atoms with Gasteiger partial charge in [-0.15, -0.1) is 0 Å². The molecule has 0 unspecified atom stereocenters. The molecule has 3 aromatic rings. The summed E-state index contributed by atoms with van der Waals surface area (Å²) in [5.41, 5.74) is 2.85. The number of carbonyl (C=O) groups excluding carboxylic acids is 1. The summed E-state index contributed by atoms with van der Waals surface area (Å²) in [4.78, 5) is 11.8. The molecular formula is C19H14Br2N2O3. The lowest BCUT2D eigenvalue weighted by Crippen LogP contribution is -2.24. The zero-order valence-corrected chi connectivity index (χ0v) is 16.6. The first kappa shape index (κ1) is 18.4. The van der Waals surface area contributed by atoms with Crippen LogP contribution in [0, 0.1) is 0 Å². The van der Waals surface area contributed by atoms with Crippen molar-refractivity contribution in [3.05, 3.63) is 69.1 Å². The number of hydrogen-bond acceptors (Lipinski definition) is 4. The molecule has 2 N–H and O–H groups in total. The molecule has 0 aromatic heterocycles. The third-order valence-corrected chi connectivity index (χ3v) is 4.51. The molecule has 0 radical (unpaired) electrons. The van der Waals surface area contributed by atoms with Crippen LogP contribution >= 0.6 is 31.9 Å². The van der Waals surface area contributed by atoms with Crippen molar-refractivity contribution in [1.29, 1.82) is 0 Å². The van der Waals surface area contributed by atoms with Crippen LogP contribution in [0.4, 0.5) is 0 Å². The third kappa shape index (κ3) is 4.83. The Bertz CT molecular complexity index is 990. The highest BCUT2D eigenvalue weighted by atomic mass is 79.9. The maximum Gasteiger partial charge on any atom is 0.277 e. The van der Waals surface area contributed by atoms with Gasteiger partial charge in [0.05, 0.1) is 6.21 Å². The number of hydrazone groups is 1. The second-order valence-electron chi connectivity index (χ2n) is 5.44. The quantitative estimate of drug-likeness (QED) is 0.416. The van der Waals surface area contributed by atoms with Crippen molar-refractivity contribution >= 4 is 54.8 Å². The molecule has 0 aliphatic carbocycles. The average Bonchev–Trinajstić information content (AvgIpc) is 2.62. The molecule has 3 aromatic carbocycles. The van der Waals surface area contributed by atoms with Crippen molar-refractivity contribution in [2.75, 3.05) is 6.61 Å². The summed E-state index contributed by atoms with van der Waals surface area (Å²) in [7, 11) is 0. The van der Waals surface area contributed by atoms with Gasteiger partial charge in [0.1, 0.15) is 11.5 Å². The molecular weight excluding hydrogens is 464 g/mol. The molecule has 0 spiro atoms. The molecule has 0 aliphatic rings. The first-order chi connectivity index (χ1) is 12.5. The number of nitrogens with zero attached hydrogens (tertiary/aromatic N) is 1. The Morgan fingerprint density at radius 2 is 1.73 bits per heavy atom. The minimum Gasteiger partial charge on any atom is -0.507 e. The smallest absolute Gasteiger partial charge is 0.277 e. The van der Waals surface area contributed by atoms with E-state index >= 15 is 0 Å². The van der Waals surface area contributed by atoms with Gasteiger partial charge in [0.25, 0.3) is 5.91 Å². The van der Waals surface area contributed by atoms with Crippen molar-refractivity contribution < 1.29 is 14.6 Å². The second-order valence-corrected chi connectivity index (χ2v) is 7.27. The predicted molar refractivity (Wildman–Crippen MR) is 109 cm³/mol. The summed E-state index contributed by atoms with van der Waals surface area (Å²) in [6.45, 7) is -0.163. The van der Waals surface area contributed by atoms with Gasteiger partial charge in [-0.25, -0.2) is 5.43 Å². The summed E-state index contributed by atoms with van der Waals surface area (Å²) in [6, 6.07) is 16.5. The van der Waals surface area contributed by atoms with Crippen molar-refractivity contribution in [2.45, 2.75) is 0 Å². The Labute approximate surface area is 166 Å². The largest absolute Gasteiger partial charge is 0.507 e. The van der Waals surface area contributed by atoms with Gasteiger partial charge in [-0.2, -0.15) is 5.10 Å². The first-order valence-corrected chi connectivity index (χ1v) is 9.22. The summed E-state index contributed by atoms with van der Waals surface area (Å²) in [5, 5.41) is 15.6. The van der Waals surface area contributed by atoms with Crippen LogP contribution in [0.15, 0.2) is 68.6 Å². The average molecular weight is 478 g/mol. The van der Waals surface area contributed by atoms with E-state index in [1.54, 1.807) is 12.1 Å². The second kappa shape index (κ2) is 8.33. The van der Waals surface area contributed by atoms with E-state index in [4.69, 9.17) is 4.74 Å². The lowest BCUT2D eigenvalue weighted by molar-refractivity contribution is -0.123. The Morgan fingerprint density at radius 1 is 1.04 bits per heavy atom. The van der Waals surface area contributed by atoms with E-state index in [0.29, 0.717) is 11.3 Å². The van der Waals surface area contributed by atoms with E-state index in [0.717, 1.165) is 19.7 Å². The SMILES string of the molecule is O=C(COc1ccc2cc(Br)ccc2c1)NN=Cc1cc(Br)ccc1O. The van der Waals surface area contributed by atoms with Gasteiger partial charge in [0, 0.05) is 14.5 Å². The summed E-state index contributed by atoms with van der Waals surface area (Å²) in [6.07, 6.45) is 1.37. The van der Waals surface area contributed by atoms with Gasteiger partial charge in [0.15, 0.2) is 6.61 Å². The number of fused-ring (bicyclic) bond motifs is 1. The Kier molecular flexibility index (Phi) is 5.90. The van der Waals surface area contributed by atoms with Crippen LogP contribution in [0.25, 0.3) is 10.8 Å². The monoisotopic (exact) mass is 476 g/mol. The fourth-order valence-corrected chi connectivity index (χ4v) is 3.03. The fourth-order valence-electron chi connectivity index (χ4n) is 2.27. The summed E-state index contributed by atoms with van der Waals surface area (Å²) >= 11 is 6.74. The van der Waals surface area contributed by atoms with Gasteiger partial charge >= 0.3 is 0 Å². The molecule has 0 saturated heterocycles. The maximum atomic E-state index is 11.8. The zero-order valence-electron chi connectivity index (χ0n) is 13.4.